The second-order valence-corrected chi connectivity index (χ2v) is 12.5. The zero-order valence-corrected chi connectivity index (χ0v) is 25.3. The summed E-state index contributed by atoms with van der Waals surface area (Å²) in [5.74, 6) is 0. The van der Waals surface area contributed by atoms with Crippen molar-refractivity contribution < 1.29 is 4.42 Å². The molecule has 214 valence electrons. The monoisotopic (exact) mass is 577 g/mol. The quantitative estimate of drug-likeness (QED) is 0.207. The molecule has 0 spiro atoms. The largest absolute Gasteiger partial charge is 0.453 e. The summed E-state index contributed by atoms with van der Waals surface area (Å²) in [6.07, 6.45) is 0. The second-order valence-electron chi connectivity index (χ2n) is 12.5. The van der Waals surface area contributed by atoms with Crippen molar-refractivity contribution in [3.63, 3.8) is 0 Å². The van der Waals surface area contributed by atoms with E-state index in [0.29, 0.717) is 0 Å². The highest BCUT2D eigenvalue weighted by molar-refractivity contribution is 6.15. The number of nitrogens with zero attached hydrogens (tertiary/aromatic N) is 1. The number of hydrogen-bond acceptors (Lipinski definition) is 2. The number of anilines is 3. The van der Waals surface area contributed by atoms with E-state index in [4.69, 9.17) is 4.42 Å². The highest BCUT2D eigenvalue weighted by Crippen LogP contribution is 2.53. The number of para-hydroxylation sites is 1. The van der Waals surface area contributed by atoms with Gasteiger partial charge >= 0.3 is 0 Å². The number of benzene rings is 7. The van der Waals surface area contributed by atoms with Gasteiger partial charge in [-0.1, -0.05) is 141 Å². The number of hydrogen-bond donors (Lipinski definition) is 0. The number of furan rings is 1. The first-order chi connectivity index (χ1) is 22.1. The van der Waals surface area contributed by atoms with Gasteiger partial charge in [0.05, 0.1) is 11.4 Å². The molecular weight excluding hydrogens is 546 g/mol. The molecule has 0 N–H and O–H groups in total. The van der Waals surface area contributed by atoms with Gasteiger partial charge in [-0.05, 0) is 57.5 Å². The van der Waals surface area contributed by atoms with Crippen molar-refractivity contribution in [2.45, 2.75) is 19.3 Å². The minimum absolute atomic E-state index is 0.0859. The van der Waals surface area contributed by atoms with Crippen molar-refractivity contribution in [2.24, 2.45) is 0 Å². The van der Waals surface area contributed by atoms with Crippen LogP contribution in [0.2, 0.25) is 0 Å². The molecule has 1 aliphatic carbocycles. The summed E-state index contributed by atoms with van der Waals surface area (Å²) in [7, 11) is 0. The molecule has 1 heterocycles. The molecule has 0 bridgehead atoms. The molecule has 0 atom stereocenters. The normalized spacial score (nSPS) is 13.3. The highest BCUT2D eigenvalue weighted by Gasteiger charge is 2.37. The Labute approximate surface area is 262 Å². The van der Waals surface area contributed by atoms with E-state index in [9.17, 15) is 0 Å². The van der Waals surface area contributed by atoms with Crippen molar-refractivity contribution in [1.82, 2.24) is 0 Å². The van der Waals surface area contributed by atoms with E-state index in [1.165, 1.54) is 44.2 Å². The Hall–Kier alpha value is -5.60. The van der Waals surface area contributed by atoms with Crippen LogP contribution in [0.1, 0.15) is 25.0 Å². The molecule has 1 aromatic heterocycles. The summed E-state index contributed by atoms with van der Waals surface area (Å²) in [6, 6.07) is 54.5. The maximum Gasteiger partial charge on any atom is 0.159 e. The minimum Gasteiger partial charge on any atom is -0.453 e. The molecule has 0 unspecified atom stereocenters. The van der Waals surface area contributed by atoms with Crippen LogP contribution >= 0.6 is 0 Å². The van der Waals surface area contributed by atoms with Crippen molar-refractivity contribution in [3.8, 4) is 22.3 Å². The maximum atomic E-state index is 7.06. The van der Waals surface area contributed by atoms with Crippen molar-refractivity contribution in [1.29, 1.82) is 0 Å². The van der Waals surface area contributed by atoms with Gasteiger partial charge in [0, 0.05) is 32.8 Å². The molecule has 1 aliphatic rings. The molecule has 0 saturated carbocycles. The van der Waals surface area contributed by atoms with E-state index in [2.05, 4.69) is 170 Å². The molecule has 0 saturated heterocycles. The van der Waals surface area contributed by atoms with Crippen LogP contribution in [0, 0.1) is 0 Å². The van der Waals surface area contributed by atoms with E-state index in [1.807, 2.05) is 0 Å². The molecule has 2 nitrogen and oxygen atoms in total. The molecule has 0 fully saturated rings. The SMILES string of the molecule is CC1(C)c2ccccc2-c2c1ccc1c2oc2c(N(c3ccc(-c4ccccc4)cc3)c3cccc4ccccc34)cccc21. The van der Waals surface area contributed by atoms with E-state index < -0.39 is 0 Å². The summed E-state index contributed by atoms with van der Waals surface area (Å²) in [6.45, 7) is 4.64. The summed E-state index contributed by atoms with van der Waals surface area (Å²) >= 11 is 0. The van der Waals surface area contributed by atoms with Gasteiger partial charge in [-0.2, -0.15) is 0 Å². The first-order valence-corrected chi connectivity index (χ1v) is 15.6. The Morgan fingerprint density at radius 2 is 1.11 bits per heavy atom. The predicted molar refractivity (Wildman–Crippen MR) is 189 cm³/mol. The summed E-state index contributed by atoms with van der Waals surface area (Å²) in [5, 5.41) is 4.67. The Morgan fingerprint density at radius 1 is 0.467 bits per heavy atom. The van der Waals surface area contributed by atoms with Crippen LogP contribution in [0.3, 0.4) is 0 Å². The Morgan fingerprint density at radius 3 is 1.98 bits per heavy atom. The van der Waals surface area contributed by atoms with E-state index in [-0.39, 0.29) is 5.41 Å². The first-order valence-electron chi connectivity index (χ1n) is 15.6. The van der Waals surface area contributed by atoms with E-state index >= 15 is 0 Å². The fourth-order valence-electron chi connectivity index (χ4n) is 7.45. The van der Waals surface area contributed by atoms with Crippen molar-refractivity contribution in [2.75, 3.05) is 4.90 Å². The molecule has 7 aromatic carbocycles. The van der Waals surface area contributed by atoms with Gasteiger partial charge in [0.1, 0.15) is 5.58 Å². The fourth-order valence-corrected chi connectivity index (χ4v) is 7.45. The zero-order valence-electron chi connectivity index (χ0n) is 25.3. The highest BCUT2D eigenvalue weighted by atomic mass is 16.3. The predicted octanol–water partition coefficient (Wildman–Crippen LogP) is 12.2. The lowest BCUT2D eigenvalue weighted by molar-refractivity contribution is 0.653. The van der Waals surface area contributed by atoms with Gasteiger partial charge in [-0.25, -0.2) is 0 Å². The van der Waals surface area contributed by atoms with Gasteiger partial charge in [0.15, 0.2) is 5.58 Å². The Bertz CT molecular complexity index is 2390. The van der Waals surface area contributed by atoms with Crippen LogP contribution in [-0.2, 0) is 5.41 Å². The lowest BCUT2D eigenvalue weighted by Gasteiger charge is -2.27. The molecule has 8 aromatic rings. The number of rotatable bonds is 4. The van der Waals surface area contributed by atoms with Crippen LogP contribution in [0.25, 0.3) is 55.0 Å². The van der Waals surface area contributed by atoms with Crippen LogP contribution in [-0.4, -0.2) is 0 Å². The zero-order chi connectivity index (χ0) is 30.1. The standard InChI is InChI=1S/C43H31NO/c1-43(2)36-19-9-8-17-35(36)40-37(43)27-26-34-33-18-11-21-39(41(33)45-42(34)40)44(38-20-10-15-30-14-6-7-16-32(30)38)31-24-22-29(23-25-31)28-12-4-3-5-13-28/h3-27H,1-2H3. The summed E-state index contributed by atoms with van der Waals surface area (Å²) < 4.78 is 7.06. The third-order valence-electron chi connectivity index (χ3n) is 9.67. The van der Waals surface area contributed by atoms with Gasteiger partial charge in [-0.15, -0.1) is 0 Å². The average Bonchev–Trinajstić information content (AvgIpc) is 3.59. The summed E-state index contributed by atoms with van der Waals surface area (Å²) in [4.78, 5) is 2.36. The van der Waals surface area contributed by atoms with Gasteiger partial charge in [-0.3, -0.25) is 0 Å². The molecule has 9 rings (SSSR count). The average molecular weight is 578 g/mol. The van der Waals surface area contributed by atoms with Crippen LogP contribution in [0.5, 0.6) is 0 Å². The smallest absolute Gasteiger partial charge is 0.159 e. The topological polar surface area (TPSA) is 16.4 Å². The molecule has 0 radical (unpaired) electrons. The van der Waals surface area contributed by atoms with Gasteiger partial charge in [0.25, 0.3) is 0 Å². The number of fused-ring (bicyclic) bond motifs is 8. The molecule has 0 amide bonds. The van der Waals surface area contributed by atoms with Crippen LogP contribution in [0.4, 0.5) is 17.1 Å². The molecule has 0 aliphatic heterocycles. The third-order valence-corrected chi connectivity index (χ3v) is 9.67. The maximum absolute atomic E-state index is 7.06. The molecule has 45 heavy (non-hydrogen) atoms. The van der Waals surface area contributed by atoms with Gasteiger partial charge < -0.3 is 9.32 Å². The lowest BCUT2D eigenvalue weighted by Crippen LogP contribution is -2.14. The summed E-state index contributed by atoms with van der Waals surface area (Å²) in [5.41, 5.74) is 12.5. The first kappa shape index (κ1) is 25.9. The minimum atomic E-state index is -0.0859. The fraction of sp³-hybridized carbons (Fsp3) is 0.0698. The van der Waals surface area contributed by atoms with Crippen molar-refractivity contribution >= 4 is 49.8 Å². The van der Waals surface area contributed by atoms with Crippen molar-refractivity contribution in [3.05, 3.63) is 163 Å². The second kappa shape index (κ2) is 9.70. The Kier molecular flexibility index (Phi) is 5.58. The molecular formula is C43H31NO. The van der Waals surface area contributed by atoms with E-state index in [1.54, 1.807) is 0 Å². The van der Waals surface area contributed by atoms with Crippen LogP contribution in [0.15, 0.2) is 156 Å². The third kappa shape index (κ3) is 3.82. The molecule has 2 heteroatoms. The Balaban J connectivity index is 1.31. The lowest BCUT2D eigenvalue weighted by atomic mass is 9.82. The van der Waals surface area contributed by atoms with E-state index in [0.717, 1.165) is 39.0 Å². The van der Waals surface area contributed by atoms with Gasteiger partial charge in [0.2, 0.25) is 0 Å². The van der Waals surface area contributed by atoms with Crippen LogP contribution < -0.4 is 4.90 Å².